The molecule has 2 aromatic carbocycles. The Balaban J connectivity index is 2.58. The molecule has 0 atom stereocenters. The Bertz CT molecular complexity index is 730. The Kier molecular flexibility index (Phi) is 5.65. The third kappa shape index (κ3) is 4.59. The highest BCUT2D eigenvalue weighted by Gasteiger charge is 2.24. The van der Waals surface area contributed by atoms with E-state index in [1.54, 1.807) is 0 Å². The molecule has 2 rings (SSSR count). The minimum Gasteiger partial charge on any atom is -0.507 e. The van der Waals surface area contributed by atoms with E-state index in [1.165, 1.54) is 0 Å². The Hall–Kier alpha value is -1.00. The molecule has 2 aromatic rings. The molecule has 0 saturated carbocycles. The van der Waals surface area contributed by atoms with Crippen LogP contribution in [-0.4, -0.2) is 10.2 Å². The second-order valence-corrected chi connectivity index (χ2v) is 10.4. The van der Waals surface area contributed by atoms with Gasteiger partial charge >= 0.3 is 0 Å². The van der Waals surface area contributed by atoms with Crippen molar-refractivity contribution in [2.45, 2.75) is 58.8 Å². The monoisotopic (exact) mass is 468 g/mol. The molecule has 0 aromatic heterocycles. The zero-order valence-corrected chi connectivity index (χ0v) is 18.8. The molecular formula is C21H26Br2O2. The Labute approximate surface area is 167 Å². The van der Waals surface area contributed by atoms with Crippen LogP contribution >= 0.6 is 31.9 Å². The highest BCUT2D eigenvalue weighted by molar-refractivity contribution is 9.10. The summed E-state index contributed by atoms with van der Waals surface area (Å²) in [7, 11) is 0. The van der Waals surface area contributed by atoms with Crippen molar-refractivity contribution in [3.05, 3.63) is 55.5 Å². The molecule has 0 aliphatic carbocycles. The van der Waals surface area contributed by atoms with E-state index in [9.17, 15) is 10.2 Å². The maximum absolute atomic E-state index is 10.8. The van der Waals surface area contributed by atoms with Crippen LogP contribution in [0.2, 0.25) is 0 Å². The maximum atomic E-state index is 10.8. The predicted octanol–water partition coefficient (Wildman–Crippen LogP) is 6.81. The molecule has 0 unspecified atom stereocenters. The van der Waals surface area contributed by atoms with Crippen molar-refractivity contribution in [1.82, 2.24) is 0 Å². The van der Waals surface area contributed by atoms with Gasteiger partial charge in [-0.1, -0.05) is 73.4 Å². The summed E-state index contributed by atoms with van der Waals surface area (Å²) in [6.07, 6.45) is 0.461. The molecule has 0 fully saturated rings. The summed E-state index contributed by atoms with van der Waals surface area (Å²) in [5.74, 6) is 0.597. The maximum Gasteiger partial charge on any atom is 0.122 e. The van der Waals surface area contributed by atoms with Crippen molar-refractivity contribution < 1.29 is 10.2 Å². The minimum absolute atomic E-state index is 0.168. The number of hydrogen-bond donors (Lipinski definition) is 2. The zero-order valence-electron chi connectivity index (χ0n) is 15.7. The molecular weight excluding hydrogens is 444 g/mol. The first-order chi connectivity index (χ1) is 11.3. The highest BCUT2D eigenvalue weighted by Crippen LogP contribution is 2.40. The molecule has 0 amide bonds. The normalized spacial score (nSPS) is 12.5. The van der Waals surface area contributed by atoms with E-state index in [2.05, 4.69) is 73.4 Å². The van der Waals surface area contributed by atoms with Gasteiger partial charge in [0.05, 0.1) is 0 Å². The van der Waals surface area contributed by atoms with E-state index in [-0.39, 0.29) is 10.8 Å². The molecule has 2 N–H and O–H groups in total. The van der Waals surface area contributed by atoms with Gasteiger partial charge in [0, 0.05) is 26.5 Å². The standard InChI is InChI=1S/C21H26Br2O2/c1-20(2,3)16-10-14(22)8-12(18(16)24)7-13-9-15(23)11-17(19(13)25)21(4,5)6/h8-11,24-25H,7H2,1-6H3. The van der Waals surface area contributed by atoms with Crippen LogP contribution in [0.4, 0.5) is 0 Å². The molecule has 0 bridgehead atoms. The average molecular weight is 470 g/mol. The third-order valence-electron chi connectivity index (χ3n) is 4.30. The molecule has 0 aliphatic heterocycles. The summed E-state index contributed by atoms with van der Waals surface area (Å²) < 4.78 is 1.85. The fraction of sp³-hybridized carbons (Fsp3) is 0.429. The fourth-order valence-electron chi connectivity index (χ4n) is 2.93. The Morgan fingerprint density at radius 3 is 1.28 bits per heavy atom. The summed E-state index contributed by atoms with van der Waals surface area (Å²) in [4.78, 5) is 0. The van der Waals surface area contributed by atoms with Crippen LogP contribution in [0.3, 0.4) is 0 Å². The highest BCUT2D eigenvalue weighted by atomic mass is 79.9. The summed E-state index contributed by atoms with van der Waals surface area (Å²) in [6, 6.07) is 7.75. The van der Waals surface area contributed by atoms with Gasteiger partial charge in [0.2, 0.25) is 0 Å². The number of phenols is 2. The molecule has 0 heterocycles. The van der Waals surface area contributed by atoms with E-state index in [0.29, 0.717) is 17.9 Å². The van der Waals surface area contributed by atoms with Gasteiger partial charge in [-0.05, 0) is 46.2 Å². The first kappa shape index (κ1) is 20.3. The van der Waals surface area contributed by atoms with Gasteiger partial charge in [-0.25, -0.2) is 0 Å². The number of hydrogen-bond acceptors (Lipinski definition) is 2. The molecule has 0 saturated heterocycles. The van der Waals surface area contributed by atoms with Crippen molar-refractivity contribution in [1.29, 1.82) is 0 Å². The van der Waals surface area contributed by atoms with Gasteiger partial charge in [0.25, 0.3) is 0 Å². The largest absolute Gasteiger partial charge is 0.507 e. The predicted molar refractivity (Wildman–Crippen MR) is 112 cm³/mol. The van der Waals surface area contributed by atoms with Gasteiger partial charge < -0.3 is 10.2 Å². The van der Waals surface area contributed by atoms with Crippen molar-refractivity contribution >= 4 is 31.9 Å². The van der Waals surface area contributed by atoms with Gasteiger partial charge in [0.15, 0.2) is 0 Å². The average Bonchev–Trinajstić information content (AvgIpc) is 2.43. The first-order valence-electron chi connectivity index (χ1n) is 8.34. The SMILES string of the molecule is CC(C)(C)c1cc(Br)cc(Cc2cc(Br)cc(C(C)(C)C)c2O)c1O. The van der Waals surface area contributed by atoms with Gasteiger partial charge in [-0.3, -0.25) is 0 Å². The zero-order chi connectivity index (χ0) is 19.2. The lowest BCUT2D eigenvalue weighted by Crippen LogP contribution is -2.13. The summed E-state index contributed by atoms with van der Waals surface area (Å²) in [5.41, 5.74) is 3.04. The molecule has 4 heteroatoms. The number of halogens is 2. The van der Waals surface area contributed by atoms with E-state index in [4.69, 9.17) is 0 Å². The molecule has 0 radical (unpaired) electrons. The molecule has 136 valence electrons. The van der Waals surface area contributed by atoms with E-state index < -0.39 is 0 Å². The molecule has 0 spiro atoms. The van der Waals surface area contributed by atoms with E-state index in [1.807, 2.05) is 24.3 Å². The molecule has 2 nitrogen and oxygen atoms in total. The number of rotatable bonds is 2. The van der Waals surface area contributed by atoms with Gasteiger partial charge in [-0.2, -0.15) is 0 Å². The first-order valence-corrected chi connectivity index (χ1v) is 9.93. The van der Waals surface area contributed by atoms with E-state index >= 15 is 0 Å². The lowest BCUT2D eigenvalue weighted by molar-refractivity contribution is 0.435. The van der Waals surface area contributed by atoms with Crippen molar-refractivity contribution in [3.8, 4) is 11.5 Å². The molecule has 0 aliphatic rings. The van der Waals surface area contributed by atoms with Crippen molar-refractivity contribution in [2.24, 2.45) is 0 Å². The topological polar surface area (TPSA) is 40.5 Å². The second kappa shape index (κ2) is 6.96. The summed E-state index contributed by atoms with van der Waals surface area (Å²) in [6.45, 7) is 12.5. The third-order valence-corrected chi connectivity index (χ3v) is 5.22. The lowest BCUT2D eigenvalue weighted by atomic mass is 9.83. The van der Waals surface area contributed by atoms with Crippen LogP contribution in [0.15, 0.2) is 33.2 Å². The minimum atomic E-state index is -0.168. The van der Waals surface area contributed by atoms with Crippen molar-refractivity contribution in [2.75, 3.05) is 0 Å². The lowest BCUT2D eigenvalue weighted by Gasteiger charge is -2.24. The van der Waals surface area contributed by atoms with Crippen LogP contribution in [0.25, 0.3) is 0 Å². The second-order valence-electron chi connectivity index (χ2n) is 8.60. The molecule has 25 heavy (non-hydrogen) atoms. The van der Waals surface area contributed by atoms with Crippen LogP contribution in [0.1, 0.15) is 63.8 Å². The number of phenolic OH excluding ortho intramolecular Hbond substituents is 2. The number of benzene rings is 2. The van der Waals surface area contributed by atoms with Crippen LogP contribution in [-0.2, 0) is 17.3 Å². The van der Waals surface area contributed by atoms with E-state index in [0.717, 1.165) is 31.2 Å². The quantitative estimate of drug-likeness (QED) is 0.507. The Morgan fingerprint density at radius 1 is 0.680 bits per heavy atom. The fourth-order valence-corrected chi connectivity index (χ4v) is 3.94. The van der Waals surface area contributed by atoms with Crippen molar-refractivity contribution in [3.63, 3.8) is 0 Å². The van der Waals surface area contributed by atoms with Gasteiger partial charge in [-0.15, -0.1) is 0 Å². The van der Waals surface area contributed by atoms with Crippen LogP contribution in [0.5, 0.6) is 11.5 Å². The Morgan fingerprint density at radius 2 is 1.00 bits per heavy atom. The summed E-state index contributed by atoms with van der Waals surface area (Å²) in [5, 5.41) is 21.6. The van der Waals surface area contributed by atoms with Gasteiger partial charge in [0.1, 0.15) is 11.5 Å². The smallest absolute Gasteiger partial charge is 0.122 e. The van der Waals surface area contributed by atoms with Crippen LogP contribution in [0, 0.1) is 0 Å². The number of aromatic hydroxyl groups is 2. The van der Waals surface area contributed by atoms with Crippen LogP contribution < -0.4 is 0 Å². The summed E-state index contributed by atoms with van der Waals surface area (Å²) >= 11 is 7.10.